The maximum Gasteiger partial charge on any atom is 0.236 e. The van der Waals surface area contributed by atoms with Gasteiger partial charge in [0.1, 0.15) is 5.76 Å². The monoisotopic (exact) mass is 239 g/mol. The number of furan rings is 1. The largest absolute Gasteiger partial charge is 0.468 e. The molecular weight excluding hydrogens is 218 g/mol. The van der Waals surface area contributed by atoms with E-state index in [-0.39, 0.29) is 11.9 Å². The summed E-state index contributed by atoms with van der Waals surface area (Å²) in [5, 5.41) is 2.84. The lowest BCUT2D eigenvalue weighted by Crippen LogP contribution is -2.43. The molecule has 1 aromatic rings. The van der Waals surface area contributed by atoms with Crippen LogP contribution in [0.5, 0.6) is 0 Å². The third-order valence-electron chi connectivity index (χ3n) is 2.74. The number of hydrogen-bond donors (Lipinski definition) is 2. The predicted molar refractivity (Wildman–Crippen MR) is 66.4 cm³/mol. The molecule has 0 saturated heterocycles. The minimum atomic E-state index is -0.436. The molecule has 0 aliphatic rings. The minimum absolute atomic E-state index is 0.0259. The van der Waals surface area contributed by atoms with Crippen LogP contribution < -0.4 is 11.1 Å². The van der Waals surface area contributed by atoms with Crippen molar-refractivity contribution in [1.82, 2.24) is 10.2 Å². The molecular formula is C12H21N3O2. The quantitative estimate of drug-likeness (QED) is 0.768. The highest BCUT2D eigenvalue weighted by Gasteiger charge is 2.19. The van der Waals surface area contributed by atoms with E-state index in [2.05, 4.69) is 5.32 Å². The van der Waals surface area contributed by atoms with Gasteiger partial charge in [-0.25, -0.2) is 0 Å². The fourth-order valence-corrected chi connectivity index (χ4v) is 1.53. The number of nitrogens with two attached hydrogens (primary N) is 1. The molecule has 0 bridgehead atoms. The molecule has 1 rings (SSSR count). The standard InChI is InChI=1S/C12H21N3O2/c1-4-9(13)12(16)14-8-10(15(2)3)11-6-5-7-17-11/h5-7,9-10H,4,8,13H2,1-3H3,(H,14,16)/t9-,10?/m0/s1. The molecule has 1 amide bonds. The Kier molecular flexibility index (Phi) is 5.18. The second-order valence-electron chi connectivity index (χ2n) is 4.25. The van der Waals surface area contributed by atoms with Gasteiger partial charge in [0, 0.05) is 6.54 Å². The number of likely N-dealkylation sites (N-methyl/N-ethyl adjacent to an activating group) is 1. The van der Waals surface area contributed by atoms with Crippen LogP contribution in [0.15, 0.2) is 22.8 Å². The summed E-state index contributed by atoms with van der Waals surface area (Å²) in [5.74, 6) is 0.714. The Bertz CT molecular complexity index is 336. The van der Waals surface area contributed by atoms with Crippen molar-refractivity contribution in [3.8, 4) is 0 Å². The van der Waals surface area contributed by atoms with Crippen LogP contribution in [0.25, 0.3) is 0 Å². The van der Waals surface area contributed by atoms with Gasteiger partial charge in [-0.3, -0.25) is 9.69 Å². The van der Waals surface area contributed by atoms with Gasteiger partial charge < -0.3 is 15.5 Å². The third kappa shape index (κ3) is 3.87. The summed E-state index contributed by atoms with van der Waals surface area (Å²) in [6.45, 7) is 2.38. The maximum atomic E-state index is 11.6. The molecule has 17 heavy (non-hydrogen) atoms. The van der Waals surface area contributed by atoms with Gasteiger partial charge in [0.2, 0.25) is 5.91 Å². The number of nitrogens with one attached hydrogen (secondary N) is 1. The number of rotatable bonds is 6. The van der Waals surface area contributed by atoms with Gasteiger partial charge in [0.15, 0.2) is 0 Å². The highest BCUT2D eigenvalue weighted by Crippen LogP contribution is 2.17. The molecule has 0 fully saturated rings. The number of carbonyl (C=O) groups excluding carboxylic acids is 1. The zero-order valence-corrected chi connectivity index (χ0v) is 10.6. The average Bonchev–Trinajstić information content (AvgIpc) is 2.81. The summed E-state index contributed by atoms with van der Waals surface area (Å²) >= 11 is 0. The van der Waals surface area contributed by atoms with Crippen LogP contribution in [-0.2, 0) is 4.79 Å². The van der Waals surface area contributed by atoms with Gasteiger partial charge in [-0.1, -0.05) is 6.92 Å². The molecule has 0 radical (unpaired) electrons. The van der Waals surface area contributed by atoms with Crippen LogP contribution >= 0.6 is 0 Å². The van der Waals surface area contributed by atoms with E-state index >= 15 is 0 Å². The van der Waals surface area contributed by atoms with Crippen LogP contribution in [0.4, 0.5) is 0 Å². The molecule has 1 aromatic heterocycles. The Morgan fingerprint density at radius 1 is 1.59 bits per heavy atom. The van der Waals surface area contributed by atoms with Crippen LogP contribution in [0.2, 0.25) is 0 Å². The van der Waals surface area contributed by atoms with Gasteiger partial charge >= 0.3 is 0 Å². The molecule has 5 heteroatoms. The second kappa shape index (κ2) is 6.42. The number of nitrogens with zero attached hydrogens (tertiary/aromatic N) is 1. The molecule has 3 N–H and O–H groups in total. The van der Waals surface area contributed by atoms with Crippen molar-refractivity contribution >= 4 is 5.91 Å². The van der Waals surface area contributed by atoms with E-state index < -0.39 is 6.04 Å². The van der Waals surface area contributed by atoms with Crippen molar-refractivity contribution < 1.29 is 9.21 Å². The van der Waals surface area contributed by atoms with Gasteiger partial charge in [-0.05, 0) is 32.6 Å². The van der Waals surface area contributed by atoms with Crippen molar-refractivity contribution in [3.63, 3.8) is 0 Å². The summed E-state index contributed by atoms with van der Waals surface area (Å²) in [5.41, 5.74) is 5.65. The summed E-state index contributed by atoms with van der Waals surface area (Å²) < 4.78 is 5.35. The highest BCUT2D eigenvalue weighted by atomic mass is 16.3. The molecule has 0 aromatic carbocycles. The Morgan fingerprint density at radius 2 is 2.29 bits per heavy atom. The Hall–Kier alpha value is -1.33. The van der Waals surface area contributed by atoms with Crippen LogP contribution in [0.3, 0.4) is 0 Å². The molecule has 0 saturated carbocycles. The molecule has 5 nitrogen and oxygen atoms in total. The molecule has 1 unspecified atom stereocenters. The zero-order valence-electron chi connectivity index (χ0n) is 10.6. The second-order valence-corrected chi connectivity index (χ2v) is 4.25. The van der Waals surface area contributed by atoms with E-state index in [1.807, 2.05) is 38.1 Å². The normalized spacial score (nSPS) is 14.6. The third-order valence-corrected chi connectivity index (χ3v) is 2.74. The molecule has 0 aliphatic heterocycles. The van der Waals surface area contributed by atoms with Gasteiger partial charge in [-0.15, -0.1) is 0 Å². The van der Waals surface area contributed by atoms with Crippen molar-refractivity contribution in [2.24, 2.45) is 5.73 Å². The molecule has 2 atom stereocenters. The predicted octanol–water partition coefficient (Wildman–Crippen LogP) is 0.736. The minimum Gasteiger partial charge on any atom is -0.468 e. The SMILES string of the molecule is CC[C@H](N)C(=O)NCC(c1ccco1)N(C)C. The molecule has 96 valence electrons. The number of amides is 1. The first kappa shape index (κ1) is 13.7. The van der Waals surface area contributed by atoms with Crippen molar-refractivity contribution in [2.75, 3.05) is 20.6 Å². The van der Waals surface area contributed by atoms with Gasteiger partial charge in [-0.2, -0.15) is 0 Å². The summed E-state index contributed by atoms with van der Waals surface area (Å²) in [6, 6.07) is 3.33. The summed E-state index contributed by atoms with van der Waals surface area (Å²) in [7, 11) is 3.89. The lowest BCUT2D eigenvalue weighted by Gasteiger charge is -2.23. The van der Waals surface area contributed by atoms with E-state index in [1.165, 1.54) is 0 Å². The Morgan fingerprint density at radius 3 is 2.76 bits per heavy atom. The van der Waals surface area contributed by atoms with Crippen LogP contribution in [-0.4, -0.2) is 37.5 Å². The lowest BCUT2D eigenvalue weighted by molar-refractivity contribution is -0.122. The van der Waals surface area contributed by atoms with Gasteiger partial charge in [0.25, 0.3) is 0 Å². The number of hydrogen-bond acceptors (Lipinski definition) is 4. The van der Waals surface area contributed by atoms with Crippen LogP contribution in [0, 0.1) is 0 Å². The number of carbonyl (C=O) groups is 1. The first-order valence-electron chi connectivity index (χ1n) is 5.79. The summed E-state index contributed by atoms with van der Waals surface area (Å²) in [6.07, 6.45) is 2.27. The Labute approximate surface area is 102 Å². The molecule has 1 heterocycles. The van der Waals surface area contributed by atoms with Crippen molar-refractivity contribution in [3.05, 3.63) is 24.2 Å². The summed E-state index contributed by atoms with van der Waals surface area (Å²) in [4.78, 5) is 13.6. The van der Waals surface area contributed by atoms with E-state index in [0.29, 0.717) is 13.0 Å². The average molecular weight is 239 g/mol. The zero-order chi connectivity index (χ0) is 12.8. The van der Waals surface area contributed by atoms with Crippen molar-refractivity contribution in [2.45, 2.75) is 25.4 Å². The topological polar surface area (TPSA) is 71.5 Å². The fourth-order valence-electron chi connectivity index (χ4n) is 1.53. The van der Waals surface area contributed by atoms with Crippen LogP contribution in [0.1, 0.15) is 25.1 Å². The van der Waals surface area contributed by atoms with E-state index in [1.54, 1.807) is 6.26 Å². The Balaban J connectivity index is 2.55. The maximum absolute atomic E-state index is 11.6. The van der Waals surface area contributed by atoms with E-state index in [4.69, 9.17) is 10.2 Å². The highest BCUT2D eigenvalue weighted by molar-refractivity contribution is 5.81. The van der Waals surface area contributed by atoms with E-state index in [0.717, 1.165) is 5.76 Å². The first-order chi connectivity index (χ1) is 8.06. The lowest BCUT2D eigenvalue weighted by atomic mass is 10.2. The molecule has 0 spiro atoms. The van der Waals surface area contributed by atoms with E-state index in [9.17, 15) is 4.79 Å². The smallest absolute Gasteiger partial charge is 0.236 e. The van der Waals surface area contributed by atoms with Crippen molar-refractivity contribution in [1.29, 1.82) is 0 Å². The first-order valence-corrected chi connectivity index (χ1v) is 5.79. The van der Waals surface area contributed by atoms with Gasteiger partial charge in [0.05, 0.1) is 18.3 Å². The molecule has 0 aliphatic carbocycles. The fraction of sp³-hybridized carbons (Fsp3) is 0.583.